The Kier molecular flexibility index (Phi) is 3.86. The van der Waals surface area contributed by atoms with Crippen molar-refractivity contribution in [1.82, 2.24) is 9.66 Å². The number of benzene rings is 1. The van der Waals surface area contributed by atoms with E-state index in [9.17, 15) is 4.79 Å². The van der Waals surface area contributed by atoms with Gasteiger partial charge in [-0.25, -0.2) is 4.98 Å². The van der Waals surface area contributed by atoms with Crippen LogP contribution in [0.5, 0.6) is 0 Å². The normalized spacial score (nSPS) is 11.5. The molecule has 0 saturated heterocycles. The molecule has 0 radical (unpaired) electrons. The molecule has 3 rings (SSSR count). The van der Waals surface area contributed by atoms with Crippen LogP contribution in [-0.4, -0.2) is 15.9 Å². The molecule has 0 aliphatic rings. The molecular weight excluding hydrogens is 306 g/mol. The average molecular weight is 318 g/mol. The largest absolute Gasteiger partial charge is 0.282 e. The first kappa shape index (κ1) is 14.0. The van der Waals surface area contributed by atoms with Gasteiger partial charge in [0.2, 0.25) is 0 Å². The van der Waals surface area contributed by atoms with Crippen LogP contribution in [0.15, 0.2) is 46.6 Å². The molecule has 0 atom stereocenters. The minimum atomic E-state index is -0.158. The van der Waals surface area contributed by atoms with Gasteiger partial charge in [0, 0.05) is 9.90 Å². The third-order valence-electron chi connectivity index (χ3n) is 3.01. The number of rotatable bonds is 3. The summed E-state index contributed by atoms with van der Waals surface area (Å²) >= 11 is 7.46. The summed E-state index contributed by atoms with van der Waals surface area (Å²) in [5, 5.41) is 5.41. The first-order chi connectivity index (χ1) is 10.2. The predicted molar refractivity (Wildman–Crippen MR) is 87.7 cm³/mol. The minimum absolute atomic E-state index is 0.158. The van der Waals surface area contributed by atoms with E-state index in [1.807, 2.05) is 18.2 Å². The number of thiophene rings is 1. The monoisotopic (exact) mass is 317 g/mol. The molecule has 0 saturated carbocycles. The van der Waals surface area contributed by atoms with Crippen molar-refractivity contribution in [2.24, 2.45) is 5.10 Å². The molecule has 4 nitrogen and oxygen atoms in total. The highest BCUT2D eigenvalue weighted by molar-refractivity contribution is 7.18. The van der Waals surface area contributed by atoms with E-state index in [0.717, 1.165) is 21.7 Å². The highest BCUT2D eigenvalue weighted by atomic mass is 35.5. The smallest absolute Gasteiger partial charge is 0.267 e. The van der Waals surface area contributed by atoms with Crippen molar-refractivity contribution in [2.75, 3.05) is 0 Å². The number of nitrogens with zero attached hydrogens (tertiary/aromatic N) is 3. The van der Waals surface area contributed by atoms with E-state index in [0.29, 0.717) is 10.4 Å². The van der Waals surface area contributed by atoms with Crippen molar-refractivity contribution in [1.29, 1.82) is 0 Å². The number of hydrogen-bond acceptors (Lipinski definition) is 4. The zero-order valence-electron chi connectivity index (χ0n) is 11.3. The molecule has 0 aliphatic carbocycles. The number of hydrogen-bond donors (Lipinski definition) is 0. The summed E-state index contributed by atoms with van der Waals surface area (Å²) < 4.78 is 1.25. The van der Waals surface area contributed by atoms with Crippen molar-refractivity contribution >= 4 is 39.4 Å². The topological polar surface area (TPSA) is 47.2 Å². The molecule has 0 unspecified atom stereocenters. The SMILES string of the molecule is CCc1cc2c(=O)n(/N=C\c3cccc(Cl)c3)cnc2s1. The Hall–Kier alpha value is -1.98. The van der Waals surface area contributed by atoms with E-state index in [1.54, 1.807) is 29.7 Å². The molecule has 106 valence electrons. The molecule has 6 heteroatoms. The first-order valence-electron chi connectivity index (χ1n) is 6.47. The molecule has 1 aromatic carbocycles. The summed E-state index contributed by atoms with van der Waals surface area (Å²) in [4.78, 5) is 18.5. The van der Waals surface area contributed by atoms with Crippen LogP contribution in [-0.2, 0) is 6.42 Å². The molecule has 0 aliphatic heterocycles. The number of halogens is 1. The van der Waals surface area contributed by atoms with Crippen LogP contribution in [0.1, 0.15) is 17.4 Å². The number of aryl methyl sites for hydroxylation is 1. The van der Waals surface area contributed by atoms with Crippen LogP contribution in [0.2, 0.25) is 5.02 Å². The highest BCUT2D eigenvalue weighted by Gasteiger charge is 2.07. The quantitative estimate of drug-likeness (QED) is 0.693. The highest BCUT2D eigenvalue weighted by Crippen LogP contribution is 2.20. The van der Waals surface area contributed by atoms with E-state index in [2.05, 4.69) is 17.0 Å². The lowest BCUT2D eigenvalue weighted by Gasteiger charge is -1.97. The molecular formula is C15H12ClN3OS. The van der Waals surface area contributed by atoms with Crippen molar-refractivity contribution in [3.63, 3.8) is 0 Å². The Morgan fingerprint density at radius 3 is 3.05 bits per heavy atom. The Labute approximate surface area is 130 Å². The van der Waals surface area contributed by atoms with Gasteiger partial charge in [0.05, 0.1) is 11.6 Å². The van der Waals surface area contributed by atoms with Crippen LogP contribution < -0.4 is 5.56 Å². The van der Waals surface area contributed by atoms with Crippen LogP contribution in [0, 0.1) is 0 Å². The molecule has 2 aromatic heterocycles. The summed E-state index contributed by atoms with van der Waals surface area (Å²) in [6.07, 6.45) is 3.93. The summed E-state index contributed by atoms with van der Waals surface area (Å²) in [6.45, 7) is 2.06. The van der Waals surface area contributed by atoms with Crippen molar-refractivity contribution in [3.05, 3.63) is 62.5 Å². The summed E-state index contributed by atoms with van der Waals surface area (Å²) in [5.74, 6) is 0. The average Bonchev–Trinajstić information content (AvgIpc) is 2.91. The standard InChI is InChI=1S/C15H12ClN3OS/c1-2-12-7-13-14(21-12)17-9-19(15(13)20)18-8-10-4-3-5-11(16)6-10/h3-9H,2H2,1H3/b18-8-. The van der Waals surface area contributed by atoms with Gasteiger partial charge >= 0.3 is 0 Å². The summed E-state index contributed by atoms with van der Waals surface area (Å²) in [6, 6.07) is 9.16. The van der Waals surface area contributed by atoms with Gasteiger partial charge in [0.1, 0.15) is 11.2 Å². The fourth-order valence-corrected chi connectivity index (χ4v) is 3.06. The lowest BCUT2D eigenvalue weighted by Crippen LogP contribution is -2.16. The summed E-state index contributed by atoms with van der Waals surface area (Å²) in [7, 11) is 0. The lowest BCUT2D eigenvalue weighted by atomic mass is 10.2. The second kappa shape index (κ2) is 5.79. The van der Waals surface area contributed by atoms with Crippen LogP contribution in [0.3, 0.4) is 0 Å². The Morgan fingerprint density at radius 1 is 1.43 bits per heavy atom. The first-order valence-corrected chi connectivity index (χ1v) is 7.67. The van der Waals surface area contributed by atoms with Crippen molar-refractivity contribution in [3.8, 4) is 0 Å². The molecule has 2 heterocycles. The van der Waals surface area contributed by atoms with E-state index in [-0.39, 0.29) is 5.56 Å². The fraction of sp³-hybridized carbons (Fsp3) is 0.133. The molecule has 0 spiro atoms. The zero-order chi connectivity index (χ0) is 14.8. The Balaban J connectivity index is 2.01. The molecule has 0 amide bonds. The van der Waals surface area contributed by atoms with E-state index >= 15 is 0 Å². The molecule has 0 fully saturated rings. The van der Waals surface area contributed by atoms with Crippen LogP contribution >= 0.6 is 22.9 Å². The zero-order valence-corrected chi connectivity index (χ0v) is 12.9. The number of aromatic nitrogens is 2. The third kappa shape index (κ3) is 2.89. The maximum Gasteiger partial charge on any atom is 0.282 e. The predicted octanol–water partition coefficient (Wildman–Crippen LogP) is 3.56. The van der Waals surface area contributed by atoms with Gasteiger partial charge in [0.15, 0.2) is 0 Å². The summed E-state index contributed by atoms with van der Waals surface area (Å²) in [5.41, 5.74) is 0.670. The second-order valence-corrected chi connectivity index (χ2v) is 6.03. The molecule has 3 aromatic rings. The maximum absolute atomic E-state index is 12.3. The van der Waals surface area contributed by atoms with E-state index in [4.69, 9.17) is 11.6 Å². The van der Waals surface area contributed by atoms with Crippen molar-refractivity contribution in [2.45, 2.75) is 13.3 Å². The van der Waals surface area contributed by atoms with Crippen LogP contribution in [0.25, 0.3) is 10.2 Å². The second-order valence-electron chi connectivity index (χ2n) is 4.48. The maximum atomic E-state index is 12.3. The number of fused-ring (bicyclic) bond motifs is 1. The van der Waals surface area contributed by atoms with Crippen LogP contribution in [0.4, 0.5) is 0 Å². The van der Waals surface area contributed by atoms with E-state index in [1.165, 1.54) is 11.0 Å². The Bertz CT molecular complexity index is 882. The lowest BCUT2D eigenvalue weighted by molar-refractivity contribution is 0.818. The van der Waals surface area contributed by atoms with Crippen molar-refractivity contribution < 1.29 is 0 Å². The molecule has 0 N–H and O–H groups in total. The Morgan fingerprint density at radius 2 is 2.29 bits per heavy atom. The van der Waals surface area contributed by atoms with Gasteiger partial charge in [-0.2, -0.15) is 9.78 Å². The van der Waals surface area contributed by atoms with E-state index < -0.39 is 0 Å². The van der Waals surface area contributed by atoms with Gasteiger partial charge in [-0.05, 0) is 30.2 Å². The van der Waals surface area contributed by atoms with Gasteiger partial charge in [0.25, 0.3) is 5.56 Å². The van der Waals surface area contributed by atoms with Gasteiger partial charge in [-0.3, -0.25) is 4.79 Å². The van der Waals surface area contributed by atoms with Gasteiger partial charge < -0.3 is 0 Å². The van der Waals surface area contributed by atoms with Gasteiger partial charge in [-0.1, -0.05) is 30.7 Å². The third-order valence-corrected chi connectivity index (χ3v) is 4.44. The molecule has 0 bridgehead atoms. The fourth-order valence-electron chi connectivity index (χ4n) is 1.94. The van der Waals surface area contributed by atoms with Gasteiger partial charge in [-0.15, -0.1) is 11.3 Å². The minimum Gasteiger partial charge on any atom is -0.267 e. The molecule has 21 heavy (non-hydrogen) atoms.